The minimum absolute atomic E-state index is 0.176. The lowest BCUT2D eigenvalue weighted by Gasteiger charge is -2.11. The summed E-state index contributed by atoms with van der Waals surface area (Å²) in [6.45, 7) is 3.16. The van der Waals surface area contributed by atoms with Gasteiger partial charge in [0.1, 0.15) is 5.69 Å². The van der Waals surface area contributed by atoms with Gasteiger partial charge in [-0.25, -0.2) is 0 Å². The molecule has 0 bridgehead atoms. The van der Waals surface area contributed by atoms with Gasteiger partial charge in [-0.15, -0.1) is 0 Å². The molecule has 1 amide bonds. The molecular weight excluding hydrogens is 318 g/mol. The topological polar surface area (TPSA) is 95.7 Å². The number of benzene rings is 1. The number of hydrogen-bond acceptors (Lipinski definition) is 4. The molecule has 2 aromatic heterocycles. The van der Waals surface area contributed by atoms with Crippen LogP contribution >= 0.6 is 0 Å². The lowest BCUT2D eigenvalue weighted by Crippen LogP contribution is -2.26. The van der Waals surface area contributed by atoms with Crippen LogP contribution in [0.25, 0.3) is 10.9 Å². The monoisotopic (exact) mass is 337 g/mol. The van der Waals surface area contributed by atoms with Crippen molar-refractivity contribution in [1.82, 2.24) is 20.1 Å². The van der Waals surface area contributed by atoms with Gasteiger partial charge in [-0.05, 0) is 31.2 Å². The molecule has 2 N–H and O–H groups in total. The molecule has 7 heteroatoms. The Kier molecular flexibility index (Phi) is 4.82. The van der Waals surface area contributed by atoms with Gasteiger partial charge >= 0.3 is 0 Å². The molecule has 0 spiro atoms. The third-order valence-corrected chi connectivity index (χ3v) is 4.02. The van der Waals surface area contributed by atoms with Crippen molar-refractivity contribution in [3.8, 4) is 6.07 Å². The fraction of sp³-hybridized carbons (Fsp3) is 0.278. The van der Waals surface area contributed by atoms with Crippen molar-refractivity contribution < 1.29 is 9.53 Å². The van der Waals surface area contributed by atoms with Gasteiger partial charge in [0.2, 0.25) is 0 Å². The van der Waals surface area contributed by atoms with Gasteiger partial charge < -0.3 is 15.0 Å². The summed E-state index contributed by atoms with van der Waals surface area (Å²) in [5.41, 5.74) is 2.77. The summed E-state index contributed by atoms with van der Waals surface area (Å²) in [6.07, 6.45) is 3.64. The first-order valence-electron chi connectivity index (χ1n) is 7.95. The molecule has 0 saturated heterocycles. The maximum absolute atomic E-state index is 12.5. The average molecular weight is 337 g/mol. The van der Waals surface area contributed by atoms with Crippen LogP contribution in [0.4, 0.5) is 0 Å². The van der Waals surface area contributed by atoms with Crippen LogP contribution in [0.5, 0.6) is 0 Å². The number of carbonyl (C=O) groups excluding carboxylic acids is 1. The van der Waals surface area contributed by atoms with Crippen molar-refractivity contribution in [1.29, 1.82) is 5.26 Å². The van der Waals surface area contributed by atoms with Crippen LogP contribution < -0.4 is 5.32 Å². The van der Waals surface area contributed by atoms with Crippen LogP contribution in [0.15, 0.2) is 36.7 Å². The highest BCUT2D eigenvalue weighted by atomic mass is 16.5. The number of nitrogens with zero attached hydrogens (tertiary/aromatic N) is 3. The smallest absolute Gasteiger partial charge is 0.268 e. The number of rotatable bonds is 6. The number of hydrogen-bond donors (Lipinski definition) is 2. The summed E-state index contributed by atoms with van der Waals surface area (Å²) in [4.78, 5) is 15.6. The van der Waals surface area contributed by atoms with E-state index in [1.54, 1.807) is 42.3 Å². The molecule has 0 fully saturated rings. The van der Waals surface area contributed by atoms with Crippen molar-refractivity contribution in [2.45, 2.75) is 19.5 Å². The molecule has 0 aliphatic rings. The van der Waals surface area contributed by atoms with Gasteiger partial charge in [-0.3, -0.25) is 9.48 Å². The Morgan fingerprint density at radius 3 is 3.08 bits per heavy atom. The van der Waals surface area contributed by atoms with Gasteiger partial charge in [0.05, 0.1) is 37.0 Å². The lowest BCUT2D eigenvalue weighted by molar-refractivity contribution is 0.0935. The Bertz CT molecular complexity index is 934. The van der Waals surface area contributed by atoms with Crippen LogP contribution in [-0.2, 0) is 11.3 Å². The van der Waals surface area contributed by atoms with E-state index in [0.717, 1.165) is 16.5 Å². The Labute approximate surface area is 145 Å². The van der Waals surface area contributed by atoms with Crippen LogP contribution in [0.2, 0.25) is 0 Å². The molecule has 128 valence electrons. The zero-order valence-corrected chi connectivity index (χ0v) is 14.1. The molecule has 3 aromatic rings. The van der Waals surface area contributed by atoms with Crippen molar-refractivity contribution in [3.63, 3.8) is 0 Å². The van der Waals surface area contributed by atoms with Gasteiger partial charge in [-0.2, -0.15) is 10.4 Å². The zero-order chi connectivity index (χ0) is 17.8. The minimum atomic E-state index is -0.202. The van der Waals surface area contributed by atoms with E-state index in [1.165, 1.54) is 0 Å². The number of nitrogens with one attached hydrogen (secondary N) is 2. The molecule has 0 saturated carbocycles. The number of methoxy groups -OCH3 is 1. The summed E-state index contributed by atoms with van der Waals surface area (Å²) in [7, 11) is 1.65. The van der Waals surface area contributed by atoms with Crippen molar-refractivity contribution in [2.24, 2.45) is 0 Å². The Hall–Kier alpha value is -3.11. The van der Waals surface area contributed by atoms with Gasteiger partial charge in [0.15, 0.2) is 0 Å². The maximum Gasteiger partial charge on any atom is 0.268 e. The summed E-state index contributed by atoms with van der Waals surface area (Å²) in [5, 5.41) is 17.0. The first kappa shape index (κ1) is 16.7. The standard InChI is InChI=1S/C18H19N5O2/c1-12(15-10-20-23(11-15)5-6-25-2)21-18(24)17-8-14-7-13(9-19)3-4-16(14)22-17/h3-4,7-8,10-12,22H,5-6H2,1-2H3,(H,21,24). The number of aromatic amines is 1. The predicted octanol–water partition coefficient (Wildman–Crippen LogP) is 2.37. The Morgan fingerprint density at radius 1 is 1.48 bits per heavy atom. The van der Waals surface area contributed by atoms with E-state index in [2.05, 4.69) is 21.5 Å². The summed E-state index contributed by atoms with van der Waals surface area (Å²) in [6, 6.07) is 8.94. The van der Waals surface area contributed by atoms with E-state index in [1.807, 2.05) is 13.1 Å². The number of ether oxygens (including phenoxy) is 1. The molecular formula is C18H19N5O2. The lowest BCUT2D eigenvalue weighted by atomic mass is 10.1. The van der Waals surface area contributed by atoms with Crippen LogP contribution in [-0.4, -0.2) is 34.4 Å². The molecule has 1 aromatic carbocycles. The van der Waals surface area contributed by atoms with Gasteiger partial charge in [0.25, 0.3) is 5.91 Å². The normalized spacial score (nSPS) is 12.0. The summed E-state index contributed by atoms with van der Waals surface area (Å²) >= 11 is 0. The van der Waals surface area contributed by atoms with Crippen LogP contribution in [0.1, 0.15) is 34.6 Å². The first-order valence-corrected chi connectivity index (χ1v) is 7.95. The highest BCUT2D eigenvalue weighted by molar-refractivity contribution is 5.98. The minimum Gasteiger partial charge on any atom is -0.383 e. The zero-order valence-electron chi connectivity index (χ0n) is 14.1. The van der Waals surface area contributed by atoms with E-state index in [0.29, 0.717) is 24.4 Å². The molecule has 0 aliphatic heterocycles. The molecule has 25 heavy (non-hydrogen) atoms. The van der Waals surface area contributed by atoms with Crippen molar-refractivity contribution >= 4 is 16.8 Å². The second-order valence-corrected chi connectivity index (χ2v) is 5.82. The fourth-order valence-electron chi connectivity index (χ4n) is 2.59. The largest absolute Gasteiger partial charge is 0.383 e. The Morgan fingerprint density at radius 2 is 2.32 bits per heavy atom. The highest BCUT2D eigenvalue weighted by Gasteiger charge is 2.15. The Balaban J connectivity index is 1.71. The van der Waals surface area contributed by atoms with E-state index < -0.39 is 0 Å². The quantitative estimate of drug-likeness (QED) is 0.722. The molecule has 2 heterocycles. The van der Waals surface area contributed by atoms with Gasteiger partial charge in [-0.1, -0.05) is 0 Å². The highest BCUT2D eigenvalue weighted by Crippen LogP contribution is 2.18. The number of fused-ring (bicyclic) bond motifs is 1. The third kappa shape index (κ3) is 3.70. The number of nitriles is 1. The summed E-state index contributed by atoms with van der Waals surface area (Å²) < 4.78 is 6.81. The number of amides is 1. The molecule has 0 radical (unpaired) electrons. The van der Waals surface area contributed by atoms with Crippen LogP contribution in [0, 0.1) is 11.3 Å². The maximum atomic E-state index is 12.5. The average Bonchev–Trinajstić information content (AvgIpc) is 3.25. The van der Waals surface area contributed by atoms with E-state index in [9.17, 15) is 4.79 Å². The number of H-pyrrole nitrogens is 1. The summed E-state index contributed by atoms with van der Waals surface area (Å²) in [5.74, 6) is -0.202. The SMILES string of the molecule is COCCn1cc(C(C)NC(=O)c2cc3cc(C#N)ccc3[nH]2)cn1. The molecule has 7 nitrogen and oxygen atoms in total. The van der Waals surface area contributed by atoms with E-state index in [4.69, 9.17) is 10.00 Å². The predicted molar refractivity (Wildman–Crippen MR) is 93.0 cm³/mol. The second-order valence-electron chi connectivity index (χ2n) is 5.82. The van der Waals surface area contributed by atoms with Crippen molar-refractivity contribution in [3.05, 3.63) is 53.5 Å². The first-order chi connectivity index (χ1) is 12.1. The third-order valence-electron chi connectivity index (χ3n) is 4.02. The van der Waals surface area contributed by atoms with Crippen LogP contribution in [0.3, 0.4) is 0 Å². The molecule has 1 unspecified atom stereocenters. The molecule has 0 aliphatic carbocycles. The van der Waals surface area contributed by atoms with E-state index in [-0.39, 0.29) is 11.9 Å². The van der Waals surface area contributed by atoms with Gasteiger partial charge in [0, 0.05) is 29.8 Å². The van der Waals surface area contributed by atoms with E-state index >= 15 is 0 Å². The van der Waals surface area contributed by atoms with Crippen molar-refractivity contribution in [2.75, 3.05) is 13.7 Å². The second kappa shape index (κ2) is 7.20. The number of carbonyl (C=O) groups is 1. The molecule has 1 atom stereocenters. The fourth-order valence-corrected chi connectivity index (χ4v) is 2.59. The number of aromatic nitrogens is 3. The molecule has 3 rings (SSSR count).